The largest absolute Gasteiger partial charge is 0.497 e. The summed E-state index contributed by atoms with van der Waals surface area (Å²) >= 11 is 0.778. The third kappa shape index (κ3) is 6.05. The van der Waals surface area contributed by atoms with Crippen LogP contribution in [0.3, 0.4) is 0 Å². The summed E-state index contributed by atoms with van der Waals surface area (Å²) in [6, 6.07) is 9.03. The number of esters is 1. The minimum atomic E-state index is -0.960. The van der Waals surface area contributed by atoms with Gasteiger partial charge >= 0.3 is 5.97 Å². The molecule has 2 N–H and O–H groups in total. The van der Waals surface area contributed by atoms with E-state index < -0.39 is 39.0 Å². The van der Waals surface area contributed by atoms with Crippen LogP contribution >= 0.6 is 11.3 Å². The molecule has 0 aliphatic heterocycles. The van der Waals surface area contributed by atoms with Gasteiger partial charge in [0.1, 0.15) is 10.8 Å². The van der Waals surface area contributed by atoms with Gasteiger partial charge in [0.15, 0.2) is 0 Å². The maximum Gasteiger partial charge on any atom is 0.341 e. The van der Waals surface area contributed by atoms with Gasteiger partial charge in [-0.1, -0.05) is 6.07 Å². The molecule has 0 fully saturated rings. The van der Waals surface area contributed by atoms with Crippen LogP contribution in [0.25, 0.3) is 0 Å². The number of nitro groups is 2. The van der Waals surface area contributed by atoms with Crippen molar-refractivity contribution in [3.05, 3.63) is 84.3 Å². The number of rotatable bonds is 9. The van der Waals surface area contributed by atoms with Crippen molar-refractivity contribution in [3.63, 3.8) is 0 Å². The first-order chi connectivity index (χ1) is 17.5. The predicted octanol–water partition coefficient (Wildman–Crippen LogP) is 4.56. The van der Waals surface area contributed by atoms with E-state index in [0.717, 1.165) is 29.5 Å². The normalized spacial score (nSPS) is 10.4. The number of nitrogens with zero attached hydrogens (tertiary/aromatic N) is 2. The number of thiophene rings is 1. The van der Waals surface area contributed by atoms with Crippen molar-refractivity contribution in [1.29, 1.82) is 0 Å². The summed E-state index contributed by atoms with van der Waals surface area (Å²) in [5.74, 6) is -1.84. The minimum absolute atomic E-state index is 0.0178. The molecule has 2 amide bonds. The highest BCUT2D eigenvalue weighted by molar-refractivity contribution is 7.19. The van der Waals surface area contributed by atoms with Crippen molar-refractivity contribution in [2.45, 2.75) is 13.8 Å². The summed E-state index contributed by atoms with van der Waals surface area (Å²) in [7, 11) is 1.47. The van der Waals surface area contributed by atoms with E-state index in [-0.39, 0.29) is 33.2 Å². The zero-order valence-corrected chi connectivity index (χ0v) is 20.5. The Morgan fingerprint density at radius 1 is 0.973 bits per heavy atom. The lowest BCUT2D eigenvalue weighted by Crippen LogP contribution is -2.15. The molecule has 2 aromatic carbocycles. The highest BCUT2D eigenvalue weighted by Crippen LogP contribution is 2.35. The molecule has 0 aliphatic rings. The van der Waals surface area contributed by atoms with Gasteiger partial charge in [-0.15, -0.1) is 11.3 Å². The van der Waals surface area contributed by atoms with Gasteiger partial charge in [-0.2, -0.15) is 0 Å². The monoisotopic (exact) mass is 528 g/mol. The Kier molecular flexibility index (Phi) is 8.14. The Balaban J connectivity index is 2.00. The first-order valence-electron chi connectivity index (χ1n) is 10.6. The summed E-state index contributed by atoms with van der Waals surface area (Å²) in [4.78, 5) is 59.3. The maximum absolute atomic E-state index is 13.0. The number of carbonyl (C=O) groups is 3. The van der Waals surface area contributed by atoms with E-state index in [1.165, 1.54) is 14.0 Å². The second-order valence-corrected chi connectivity index (χ2v) is 8.39. The fourth-order valence-electron chi connectivity index (χ4n) is 3.27. The molecule has 13 nitrogen and oxygen atoms in total. The molecule has 0 atom stereocenters. The highest BCUT2D eigenvalue weighted by Gasteiger charge is 2.28. The Morgan fingerprint density at radius 2 is 1.62 bits per heavy atom. The molecule has 1 aromatic heterocycles. The summed E-state index contributed by atoms with van der Waals surface area (Å²) < 4.78 is 10.2. The fraction of sp³-hybridized carbons (Fsp3) is 0.174. The van der Waals surface area contributed by atoms with Gasteiger partial charge in [0.2, 0.25) is 0 Å². The first-order valence-corrected chi connectivity index (χ1v) is 11.4. The lowest BCUT2D eigenvalue weighted by molar-refractivity contribution is -0.394. The van der Waals surface area contributed by atoms with Gasteiger partial charge < -0.3 is 20.1 Å². The number of nitrogens with one attached hydrogen (secondary N) is 2. The molecule has 0 aliphatic carbocycles. The van der Waals surface area contributed by atoms with E-state index in [4.69, 9.17) is 9.47 Å². The van der Waals surface area contributed by atoms with Crippen LogP contribution in [-0.4, -0.2) is 41.3 Å². The molecule has 14 heteroatoms. The van der Waals surface area contributed by atoms with Crippen LogP contribution in [-0.2, 0) is 4.74 Å². The van der Waals surface area contributed by atoms with Crippen molar-refractivity contribution in [1.82, 2.24) is 0 Å². The number of amides is 2. The average Bonchev–Trinajstić information content (AvgIpc) is 3.19. The molecule has 0 unspecified atom stereocenters. The molecule has 37 heavy (non-hydrogen) atoms. The number of ether oxygens (including phenoxy) is 2. The highest BCUT2D eigenvalue weighted by atomic mass is 32.1. The predicted molar refractivity (Wildman–Crippen MR) is 134 cm³/mol. The quantitative estimate of drug-likeness (QED) is 0.228. The molecule has 0 saturated heterocycles. The van der Waals surface area contributed by atoms with E-state index in [2.05, 4.69) is 10.6 Å². The third-order valence-electron chi connectivity index (χ3n) is 4.97. The van der Waals surface area contributed by atoms with Gasteiger partial charge in [0.25, 0.3) is 23.2 Å². The van der Waals surface area contributed by atoms with E-state index in [9.17, 15) is 34.6 Å². The zero-order chi connectivity index (χ0) is 27.3. The zero-order valence-electron chi connectivity index (χ0n) is 19.7. The molecular weight excluding hydrogens is 508 g/mol. The van der Waals surface area contributed by atoms with Crippen LogP contribution < -0.4 is 15.4 Å². The summed E-state index contributed by atoms with van der Waals surface area (Å²) in [5, 5.41) is 27.4. The van der Waals surface area contributed by atoms with Gasteiger partial charge in [0.05, 0.1) is 45.6 Å². The second-order valence-electron chi connectivity index (χ2n) is 7.37. The van der Waals surface area contributed by atoms with E-state index >= 15 is 0 Å². The third-order valence-corrected chi connectivity index (χ3v) is 6.18. The summed E-state index contributed by atoms with van der Waals surface area (Å²) in [5.41, 5.74) is -1.15. The van der Waals surface area contributed by atoms with Crippen molar-refractivity contribution in [3.8, 4) is 5.75 Å². The number of benzene rings is 2. The molecule has 0 saturated carbocycles. The molecule has 1 heterocycles. The Morgan fingerprint density at radius 3 is 2.19 bits per heavy atom. The van der Waals surface area contributed by atoms with E-state index in [0.29, 0.717) is 11.4 Å². The molecule has 3 aromatic rings. The molecule has 0 radical (unpaired) electrons. The summed E-state index contributed by atoms with van der Waals surface area (Å²) in [6.07, 6.45) is 0. The number of nitro benzene ring substituents is 2. The second kappa shape index (κ2) is 11.3. The van der Waals surface area contributed by atoms with Crippen molar-refractivity contribution < 1.29 is 33.7 Å². The lowest BCUT2D eigenvalue weighted by Gasteiger charge is -2.07. The number of hydrogen-bond acceptors (Lipinski definition) is 10. The average molecular weight is 528 g/mol. The number of methoxy groups -OCH3 is 1. The number of hydrogen-bond donors (Lipinski definition) is 2. The van der Waals surface area contributed by atoms with Crippen LogP contribution in [0, 0.1) is 27.2 Å². The van der Waals surface area contributed by atoms with Crippen LogP contribution in [0.5, 0.6) is 5.75 Å². The lowest BCUT2D eigenvalue weighted by atomic mass is 10.1. The van der Waals surface area contributed by atoms with Gasteiger partial charge in [-0.3, -0.25) is 29.8 Å². The number of anilines is 2. The van der Waals surface area contributed by atoms with Crippen molar-refractivity contribution in [2.24, 2.45) is 0 Å². The SMILES string of the molecule is CCOC(=O)c1c(NC(=O)c2cc([N+](=O)[O-])cc([N+](=O)[O-])c2)sc(C(=O)Nc2cccc(OC)c2)c1C. The fourth-order valence-corrected chi connectivity index (χ4v) is 4.35. The van der Waals surface area contributed by atoms with Crippen molar-refractivity contribution >= 4 is 51.2 Å². The standard InChI is InChI=1S/C23H20N4O9S/c1-4-36-23(30)18-12(2)19(21(29)24-14-6-5-7-17(10-14)35-3)37-22(18)25-20(28)13-8-15(26(31)32)11-16(9-13)27(33)34/h5-11H,4H2,1-3H3,(H,24,29)(H,25,28). The van der Waals surface area contributed by atoms with Gasteiger partial charge in [0, 0.05) is 23.9 Å². The van der Waals surface area contributed by atoms with Crippen LogP contribution in [0.15, 0.2) is 42.5 Å². The summed E-state index contributed by atoms with van der Waals surface area (Å²) in [6.45, 7) is 3.09. The first kappa shape index (κ1) is 26.7. The molecule has 0 bridgehead atoms. The van der Waals surface area contributed by atoms with Crippen LogP contribution in [0.2, 0.25) is 0 Å². The maximum atomic E-state index is 13.0. The Hall–Kier alpha value is -4.85. The Bertz CT molecular complexity index is 1380. The Labute approximate surface area is 213 Å². The van der Waals surface area contributed by atoms with Crippen molar-refractivity contribution in [2.75, 3.05) is 24.4 Å². The molecule has 0 spiro atoms. The smallest absolute Gasteiger partial charge is 0.341 e. The van der Waals surface area contributed by atoms with Crippen LogP contribution in [0.4, 0.5) is 22.1 Å². The van der Waals surface area contributed by atoms with E-state index in [1.54, 1.807) is 31.2 Å². The van der Waals surface area contributed by atoms with E-state index in [1.807, 2.05) is 0 Å². The molecule has 3 rings (SSSR count). The minimum Gasteiger partial charge on any atom is -0.497 e. The van der Waals surface area contributed by atoms with Crippen LogP contribution in [0.1, 0.15) is 42.9 Å². The topological polar surface area (TPSA) is 180 Å². The van der Waals surface area contributed by atoms with Gasteiger partial charge in [-0.05, 0) is 31.5 Å². The van der Waals surface area contributed by atoms with Gasteiger partial charge in [-0.25, -0.2) is 4.79 Å². The number of carbonyl (C=O) groups excluding carboxylic acids is 3. The molecular formula is C23H20N4O9S. The number of non-ortho nitro benzene ring substituents is 2. The molecule has 192 valence electrons.